The van der Waals surface area contributed by atoms with Crippen LogP contribution in [0.15, 0.2) is 39.9 Å². The van der Waals surface area contributed by atoms with Gasteiger partial charge in [-0.05, 0) is 58.7 Å². The highest BCUT2D eigenvalue weighted by Crippen LogP contribution is 2.36. The molecule has 0 saturated heterocycles. The molecule has 0 atom stereocenters. The minimum atomic E-state index is 0.470. The zero-order valence-electron chi connectivity index (χ0n) is 12.6. The van der Waals surface area contributed by atoms with Crippen molar-refractivity contribution < 1.29 is 9.47 Å². The third kappa shape index (κ3) is 4.77. The molecule has 122 valence electrons. The molecule has 0 heterocycles. The number of methoxy groups -OCH3 is 1. The van der Waals surface area contributed by atoms with Gasteiger partial charge in [-0.3, -0.25) is 5.43 Å². The molecule has 0 bridgehead atoms. The summed E-state index contributed by atoms with van der Waals surface area (Å²) in [7, 11) is 1.60. The quantitative estimate of drug-likeness (QED) is 0.490. The van der Waals surface area contributed by atoms with E-state index in [9.17, 15) is 0 Å². The van der Waals surface area contributed by atoms with Crippen molar-refractivity contribution in [3.8, 4) is 11.5 Å². The zero-order chi connectivity index (χ0) is 16.8. The molecule has 0 aliphatic rings. The van der Waals surface area contributed by atoms with Crippen LogP contribution in [0.4, 0.5) is 5.69 Å². The molecule has 1 N–H and O–H groups in total. The number of nitrogens with zero attached hydrogens (tertiary/aromatic N) is 1. The summed E-state index contributed by atoms with van der Waals surface area (Å²) in [5.41, 5.74) is 4.50. The van der Waals surface area contributed by atoms with E-state index in [0.717, 1.165) is 15.7 Å². The molecule has 0 spiro atoms. The molecular weight excluding hydrogens is 403 g/mol. The second kappa shape index (κ2) is 8.43. The minimum absolute atomic E-state index is 0.470. The first-order valence-electron chi connectivity index (χ1n) is 6.79. The molecule has 2 aromatic rings. The van der Waals surface area contributed by atoms with Gasteiger partial charge in [0.1, 0.15) is 0 Å². The Morgan fingerprint density at radius 1 is 1.22 bits per heavy atom. The highest BCUT2D eigenvalue weighted by Gasteiger charge is 2.10. The average molecular weight is 418 g/mol. The van der Waals surface area contributed by atoms with Gasteiger partial charge in [0.05, 0.1) is 40.1 Å². The van der Waals surface area contributed by atoms with Crippen LogP contribution in [0.2, 0.25) is 10.0 Å². The normalized spacial score (nSPS) is 10.8. The Kier molecular flexibility index (Phi) is 6.57. The number of hydrazone groups is 1. The summed E-state index contributed by atoms with van der Waals surface area (Å²) in [5.74, 6) is 1.31. The number of rotatable bonds is 6. The van der Waals surface area contributed by atoms with Crippen molar-refractivity contribution in [1.82, 2.24) is 0 Å². The lowest BCUT2D eigenvalue weighted by atomic mass is 10.2. The summed E-state index contributed by atoms with van der Waals surface area (Å²) in [6, 6.07) is 8.95. The van der Waals surface area contributed by atoms with Gasteiger partial charge in [0.2, 0.25) is 0 Å². The Bertz CT molecular complexity index is 723. The monoisotopic (exact) mass is 416 g/mol. The second-order valence-electron chi connectivity index (χ2n) is 4.47. The van der Waals surface area contributed by atoms with Gasteiger partial charge in [-0.2, -0.15) is 5.10 Å². The van der Waals surface area contributed by atoms with E-state index in [4.69, 9.17) is 32.7 Å². The van der Waals surface area contributed by atoms with Gasteiger partial charge in [-0.25, -0.2) is 0 Å². The summed E-state index contributed by atoms with van der Waals surface area (Å²) in [4.78, 5) is 0. The maximum Gasteiger partial charge on any atom is 0.174 e. The molecule has 0 aliphatic carbocycles. The summed E-state index contributed by atoms with van der Waals surface area (Å²) in [5, 5.41) is 5.16. The van der Waals surface area contributed by atoms with Crippen molar-refractivity contribution in [2.24, 2.45) is 5.10 Å². The van der Waals surface area contributed by atoms with Crippen LogP contribution in [0.5, 0.6) is 11.5 Å². The van der Waals surface area contributed by atoms with Gasteiger partial charge in [0.25, 0.3) is 0 Å². The van der Waals surface area contributed by atoms with Gasteiger partial charge < -0.3 is 9.47 Å². The Morgan fingerprint density at radius 2 is 2.00 bits per heavy atom. The Hall–Kier alpha value is -1.43. The van der Waals surface area contributed by atoms with Crippen LogP contribution >= 0.6 is 39.1 Å². The Balaban J connectivity index is 2.17. The largest absolute Gasteiger partial charge is 0.492 e. The van der Waals surface area contributed by atoms with Crippen LogP contribution in [0.25, 0.3) is 0 Å². The van der Waals surface area contributed by atoms with Crippen molar-refractivity contribution >= 4 is 51.0 Å². The number of halogens is 3. The topological polar surface area (TPSA) is 42.8 Å². The number of nitrogens with one attached hydrogen (secondary N) is 1. The molecule has 23 heavy (non-hydrogen) atoms. The van der Waals surface area contributed by atoms with Gasteiger partial charge >= 0.3 is 0 Å². The van der Waals surface area contributed by atoms with E-state index in [-0.39, 0.29) is 0 Å². The maximum absolute atomic E-state index is 5.96. The van der Waals surface area contributed by atoms with Crippen molar-refractivity contribution in [3.63, 3.8) is 0 Å². The number of anilines is 1. The molecule has 7 heteroatoms. The highest BCUT2D eigenvalue weighted by atomic mass is 79.9. The van der Waals surface area contributed by atoms with Gasteiger partial charge in [-0.15, -0.1) is 0 Å². The van der Waals surface area contributed by atoms with Crippen LogP contribution in [-0.2, 0) is 0 Å². The maximum atomic E-state index is 5.96. The van der Waals surface area contributed by atoms with Crippen molar-refractivity contribution in [3.05, 3.63) is 50.4 Å². The molecule has 4 nitrogen and oxygen atoms in total. The minimum Gasteiger partial charge on any atom is -0.492 e. The third-order valence-electron chi connectivity index (χ3n) is 2.86. The van der Waals surface area contributed by atoms with E-state index >= 15 is 0 Å². The summed E-state index contributed by atoms with van der Waals surface area (Å²) < 4.78 is 11.7. The third-order valence-corrected chi connectivity index (χ3v) is 4.19. The van der Waals surface area contributed by atoms with Crippen LogP contribution in [0.1, 0.15) is 12.5 Å². The first-order valence-corrected chi connectivity index (χ1v) is 8.34. The molecule has 2 aromatic carbocycles. The van der Waals surface area contributed by atoms with Crippen LogP contribution in [0, 0.1) is 0 Å². The predicted octanol–water partition coefficient (Wildman–Crippen LogP) is 5.61. The standard InChI is InChI=1S/C16H15BrCl2N2O2/c1-3-23-15-7-10(6-12(17)16(15)22-2)9-20-21-11-4-5-13(18)14(19)8-11/h4-9,21H,3H2,1-2H3. The van der Waals surface area contributed by atoms with E-state index in [1.165, 1.54) is 0 Å². The van der Waals surface area contributed by atoms with Crippen molar-refractivity contribution in [2.45, 2.75) is 6.92 Å². The zero-order valence-corrected chi connectivity index (χ0v) is 15.7. The highest BCUT2D eigenvalue weighted by molar-refractivity contribution is 9.10. The number of hydrogen-bond donors (Lipinski definition) is 1. The summed E-state index contributed by atoms with van der Waals surface area (Å²) in [6.07, 6.45) is 1.68. The fraction of sp³-hybridized carbons (Fsp3) is 0.188. The van der Waals surface area contributed by atoms with Crippen molar-refractivity contribution in [1.29, 1.82) is 0 Å². The fourth-order valence-electron chi connectivity index (χ4n) is 1.87. The molecule has 0 aliphatic heterocycles. The molecule has 0 unspecified atom stereocenters. The molecule has 0 fully saturated rings. The predicted molar refractivity (Wildman–Crippen MR) is 99.5 cm³/mol. The number of benzene rings is 2. The molecular formula is C16H15BrCl2N2O2. The van der Waals surface area contributed by atoms with E-state index in [0.29, 0.717) is 28.2 Å². The van der Waals surface area contributed by atoms with Crippen LogP contribution in [0.3, 0.4) is 0 Å². The van der Waals surface area contributed by atoms with Crippen LogP contribution in [-0.4, -0.2) is 19.9 Å². The second-order valence-corrected chi connectivity index (χ2v) is 6.13. The van der Waals surface area contributed by atoms with E-state index in [1.807, 2.05) is 19.1 Å². The van der Waals surface area contributed by atoms with Gasteiger partial charge in [0, 0.05) is 0 Å². The lowest BCUT2D eigenvalue weighted by molar-refractivity contribution is 0.310. The summed E-state index contributed by atoms with van der Waals surface area (Å²) in [6.45, 7) is 2.46. The van der Waals surface area contributed by atoms with Crippen molar-refractivity contribution in [2.75, 3.05) is 19.1 Å². The van der Waals surface area contributed by atoms with E-state index in [2.05, 4.69) is 26.5 Å². The summed E-state index contributed by atoms with van der Waals surface area (Å²) >= 11 is 15.3. The average Bonchev–Trinajstić information content (AvgIpc) is 2.51. The fourth-order valence-corrected chi connectivity index (χ4v) is 2.79. The first kappa shape index (κ1) is 17.9. The first-order chi connectivity index (χ1) is 11.0. The molecule has 0 aromatic heterocycles. The van der Waals surface area contributed by atoms with E-state index in [1.54, 1.807) is 31.5 Å². The van der Waals surface area contributed by atoms with Crippen LogP contribution < -0.4 is 14.9 Å². The lowest BCUT2D eigenvalue weighted by Crippen LogP contribution is -1.98. The smallest absolute Gasteiger partial charge is 0.174 e. The number of hydrogen-bond acceptors (Lipinski definition) is 4. The van der Waals surface area contributed by atoms with Gasteiger partial charge in [0.15, 0.2) is 11.5 Å². The van der Waals surface area contributed by atoms with Gasteiger partial charge in [-0.1, -0.05) is 23.2 Å². The number of ether oxygens (including phenoxy) is 2. The molecule has 0 amide bonds. The SMILES string of the molecule is CCOc1cc(C=NNc2ccc(Cl)c(Cl)c2)cc(Br)c1OC. The lowest BCUT2D eigenvalue weighted by Gasteiger charge is -2.11. The molecule has 0 saturated carbocycles. The Labute approximate surface area is 153 Å². The molecule has 2 rings (SSSR count). The molecule has 0 radical (unpaired) electrons. The Morgan fingerprint density at radius 3 is 2.65 bits per heavy atom. The van der Waals surface area contributed by atoms with E-state index < -0.39 is 0 Å².